The standard InChI is InChI=1S/C22H23ClF3N5O3/c1-2-29-10-12-30(13-11-29)21(34)31(18-5-3-4-16(23)14-18)17-8-6-15(7-9-17)19(32)27-28-20(33)22(24,25)26/h3-9,14H,2,10-13H2,1H3,(H,27,32)(H,28,33). The third-order valence-corrected chi connectivity index (χ3v) is 5.52. The Bertz CT molecular complexity index is 1040. The van der Waals surface area contributed by atoms with Gasteiger partial charge in [0.15, 0.2) is 0 Å². The van der Waals surface area contributed by atoms with Crippen molar-refractivity contribution in [3.63, 3.8) is 0 Å². The molecule has 1 fully saturated rings. The zero-order valence-electron chi connectivity index (χ0n) is 18.2. The predicted molar refractivity (Wildman–Crippen MR) is 121 cm³/mol. The molecule has 0 aliphatic carbocycles. The van der Waals surface area contributed by atoms with Gasteiger partial charge in [0.2, 0.25) is 0 Å². The van der Waals surface area contributed by atoms with Gasteiger partial charge in [0.1, 0.15) is 0 Å². The number of carbonyl (C=O) groups is 3. The summed E-state index contributed by atoms with van der Waals surface area (Å²) in [4.78, 5) is 41.9. The van der Waals surface area contributed by atoms with Gasteiger partial charge in [-0.25, -0.2) is 4.79 Å². The summed E-state index contributed by atoms with van der Waals surface area (Å²) >= 11 is 6.14. The monoisotopic (exact) mass is 497 g/mol. The number of nitrogens with zero attached hydrogens (tertiary/aromatic N) is 3. The van der Waals surface area contributed by atoms with Gasteiger partial charge < -0.3 is 9.80 Å². The Morgan fingerprint density at radius 1 is 0.971 bits per heavy atom. The normalized spacial score (nSPS) is 14.4. The van der Waals surface area contributed by atoms with Gasteiger partial charge in [0.25, 0.3) is 5.91 Å². The number of rotatable bonds is 4. The zero-order valence-corrected chi connectivity index (χ0v) is 19.0. The quantitative estimate of drug-likeness (QED) is 0.633. The number of hydrogen-bond donors (Lipinski definition) is 2. The number of urea groups is 1. The van der Waals surface area contributed by atoms with Crippen LogP contribution < -0.4 is 15.8 Å². The Balaban J connectivity index is 1.80. The van der Waals surface area contributed by atoms with Gasteiger partial charge >= 0.3 is 18.1 Å². The molecular formula is C22H23ClF3N5O3. The molecule has 0 spiro atoms. The van der Waals surface area contributed by atoms with Crippen LogP contribution in [-0.4, -0.2) is 66.5 Å². The van der Waals surface area contributed by atoms with E-state index < -0.39 is 18.0 Å². The first-order chi connectivity index (χ1) is 16.1. The average molecular weight is 498 g/mol. The van der Waals surface area contributed by atoms with E-state index in [9.17, 15) is 27.6 Å². The first-order valence-corrected chi connectivity index (χ1v) is 10.8. The Morgan fingerprint density at radius 3 is 2.18 bits per heavy atom. The van der Waals surface area contributed by atoms with Gasteiger partial charge in [-0.3, -0.25) is 25.3 Å². The number of hydrogen-bond acceptors (Lipinski definition) is 4. The van der Waals surface area contributed by atoms with Crippen molar-refractivity contribution >= 4 is 40.8 Å². The second kappa shape index (κ2) is 10.7. The number of benzene rings is 2. The molecule has 4 amide bonds. The van der Waals surface area contributed by atoms with Crippen molar-refractivity contribution in [2.75, 3.05) is 37.6 Å². The van der Waals surface area contributed by atoms with Gasteiger partial charge in [-0.1, -0.05) is 24.6 Å². The zero-order chi connectivity index (χ0) is 24.9. The molecule has 1 aliphatic heterocycles. The molecule has 1 saturated heterocycles. The maximum absolute atomic E-state index is 13.5. The maximum Gasteiger partial charge on any atom is 0.472 e. The van der Waals surface area contributed by atoms with Crippen molar-refractivity contribution in [1.82, 2.24) is 20.7 Å². The molecule has 1 heterocycles. The first-order valence-electron chi connectivity index (χ1n) is 10.4. The summed E-state index contributed by atoms with van der Waals surface area (Å²) in [7, 11) is 0. The van der Waals surface area contributed by atoms with Crippen LogP contribution in [0.1, 0.15) is 17.3 Å². The Morgan fingerprint density at radius 2 is 1.62 bits per heavy atom. The third-order valence-electron chi connectivity index (χ3n) is 5.28. The summed E-state index contributed by atoms with van der Waals surface area (Å²) in [5, 5.41) is 0.433. The lowest BCUT2D eigenvalue weighted by Crippen LogP contribution is -2.51. The minimum absolute atomic E-state index is 0.0127. The SMILES string of the molecule is CCN1CCN(C(=O)N(c2ccc(C(=O)NNC(=O)C(F)(F)F)cc2)c2cccc(Cl)c2)CC1. The highest BCUT2D eigenvalue weighted by molar-refractivity contribution is 6.31. The van der Waals surface area contributed by atoms with Crippen LogP contribution in [0.25, 0.3) is 0 Å². The van der Waals surface area contributed by atoms with E-state index in [1.807, 2.05) is 0 Å². The Kier molecular flexibility index (Phi) is 8.00. The number of hydrazine groups is 1. The molecule has 2 aromatic rings. The summed E-state index contributed by atoms with van der Waals surface area (Å²) in [6.07, 6.45) is -5.13. The van der Waals surface area contributed by atoms with E-state index in [0.717, 1.165) is 19.6 Å². The summed E-state index contributed by atoms with van der Waals surface area (Å²) in [6.45, 7) is 5.53. The molecule has 34 heavy (non-hydrogen) atoms. The van der Waals surface area contributed by atoms with Crippen molar-refractivity contribution in [3.8, 4) is 0 Å². The van der Waals surface area contributed by atoms with Crippen LogP contribution in [0.5, 0.6) is 0 Å². The minimum atomic E-state index is -5.13. The van der Waals surface area contributed by atoms with E-state index in [0.29, 0.717) is 29.5 Å². The smallest absolute Gasteiger partial charge is 0.321 e. The topological polar surface area (TPSA) is 85.0 Å². The number of amides is 4. The number of anilines is 2. The molecule has 0 saturated carbocycles. The van der Waals surface area contributed by atoms with Crippen molar-refractivity contribution in [3.05, 3.63) is 59.1 Å². The van der Waals surface area contributed by atoms with E-state index >= 15 is 0 Å². The lowest BCUT2D eigenvalue weighted by Gasteiger charge is -2.37. The summed E-state index contributed by atoms with van der Waals surface area (Å²) in [6, 6.07) is 12.1. The molecular weight excluding hydrogens is 475 g/mol. The molecule has 0 radical (unpaired) electrons. The van der Waals surface area contributed by atoms with Gasteiger partial charge in [-0.15, -0.1) is 0 Å². The molecule has 3 rings (SSSR count). The molecule has 0 aromatic heterocycles. The largest absolute Gasteiger partial charge is 0.472 e. The Labute approximate surface area is 199 Å². The first kappa shape index (κ1) is 25.3. The van der Waals surface area contributed by atoms with Crippen LogP contribution in [-0.2, 0) is 4.79 Å². The van der Waals surface area contributed by atoms with E-state index in [1.54, 1.807) is 34.6 Å². The fourth-order valence-corrected chi connectivity index (χ4v) is 3.58. The summed E-state index contributed by atoms with van der Waals surface area (Å²) < 4.78 is 36.9. The molecule has 12 heteroatoms. The molecule has 0 unspecified atom stereocenters. The lowest BCUT2D eigenvalue weighted by molar-refractivity contribution is -0.174. The molecule has 1 aliphatic rings. The van der Waals surface area contributed by atoms with Gasteiger partial charge in [0.05, 0.1) is 11.4 Å². The number of nitrogens with one attached hydrogen (secondary N) is 2. The maximum atomic E-state index is 13.5. The minimum Gasteiger partial charge on any atom is -0.321 e. The van der Waals surface area contributed by atoms with Gasteiger partial charge in [-0.2, -0.15) is 13.2 Å². The van der Waals surface area contributed by atoms with Crippen molar-refractivity contribution in [1.29, 1.82) is 0 Å². The van der Waals surface area contributed by atoms with Crippen molar-refractivity contribution in [2.45, 2.75) is 13.1 Å². The predicted octanol–water partition coefficient (Wildman–Crippen LogP) is 3.56. The highest BCUT2D eigenvalue weighted by Gasteiger charge is 2.39. The van der Waals surface area contributed by atoms with Crippen LogP contribution in [0.2, 0.25) is 5.02 Å². The second-order valence-electron chi connectivity index (χ2n) is 7.47. The van der Waals surface area contributed by atoms with E-state index in [4.69, 9.17) is 11.6 Å². The number of alkyl halides is 3. The van der Waals surface area contributed by atoms with Crippen LogP contribution in [0.4, 0.5) is 29.3 Å². The molecule has 8 nitrogen and oxygen atoms in total. The summed E-state index contributed by atoms with van der Waals surface area (Å²) in [5.41, 5.74) is 3.95. The molecule has 2 N–H and O–H groups in total. The van der Waals surface area contributed by atoms with Crippen LogP contribution in [0, 0.1) is 0 Å². The van der Waals surface area contributed by atoms with Crippen LogP contribution in [0.3, 0.4) is 0 Å². The van der Waals surface area contributed by atoms with E-state index in [-0.39, 0.29) is 11.6 Å². The second-order valence-corrected chi connectivity index (χ2v) is 7.91. The molecule has 0 bridgehead atoms. The number of piperazine rings is 1. The fraction of sp³-hybridized carbons (Fsp3) is 0.318. The van der Waals surface area contributed by atoms with Crippen molar-refractivity contribution in [2.24, 2.45) is 0 Å². The number of carbonyl (C=O) groups excluding carboxylic acids is 3. The lowest BCUT2D eigenvalue weighted by atomic mass is 10.1. The highest BCUT2D eigenvalue weighted by atomic mass is 35.5. The van der Waals surface area contributed by atoms with Crippen LogP contribution >= 0.6 is 11.6 Å². The third kappa shape index (κ3) is 6.17. The molecule has 182 valence electrons. The van der Waals surface area contributed by atoms with Crippen LogP contribution in [0.15, 0.2) is 48.5 Å². The average Bonchev–Trinajstić information content (AvgIpc) is 2.82. The molecule has 0 atom stereocenters. The summed E-state index contributed by atoms with van der Waals surface area (Å²) in [5.74, 6) is -3.24. The fourth-order valence-electron chi connectivity index (χ4n) is 3.40. The number of halogens is 4. The van der Waals surface area contributed by atoms with Gasteiger partial charge in [0, 0.05) is 36.8 Å². The molecule has 2 aromatic carbocycles. The highest BCUT2D eigenvalue weighted by Crippen LogP contribution is 2.29. The number of likely N-dealkylation sites (N-methyl/N-ethyl adjacent to an activating group) is 1. The van der Waals surface area contributed by atoms with Gasteiger partial charge in [-0.05, 0) is 49.0 Å². The Hall–Kier alpha value is -3.31. The van der Waals surface area contributed by atoms with E-state index in [1.165, 1.54) is 34.6 Å². The van der Waals surface area contributed by atoms with Crippen molar-refractivity contribution < 1.29 is 27.6 Å². The van der Waals surface area contributed by atoms with E-state index in [2.05, 4.69) is 11.8 Å².